The Hall–Kier alpha value is -2.17. The number of anilines is 1. The van der Waals surface area contributed by atoms with Crippen LogP contribution >= 0.6 is 0 Å². The molecule has 2 aromatic carbocycles. The van der Waals surface area contributed by atoms with E-state index in [1.807, 2.05) is 19.1 Å². The lowest BCUT2D eigenvalue weighted by Gasteiger charge is -2.23. The second kappa shape index (κ2) is 10.2. The number of benzene rings is 2. The molecule has 0 unspecified atom stereocenters. The highest BCUT2D eigenvalue weighted by atomic mass is 16.7. The summed E-state index contributed by atoms with van der Waals surface area (Å²) in [5.41, 5.74) is 3.47. The molecular formula is C23H30N2O2. The van der Waals surface area contributed by atoms with Gasteiger partial charge in [0.05, 0.1) is 6.61 Å². The van der Waals surface area contributed by atoms with Gasteiger partial charge in [-0.1, -0.05) is 49.4 Å². The number of hydrogen-bond donors (Lipinski definition) is 1. The highest BCUT2D eigenvalue weighted by molar-refractivity contribution is 5.90. The zero-order valence-electron chi connectivity index (χ0n) is 16.2. The van der Waals surface area contributed by atoms with Gasteiger partial charge in [0.1, 0.15) is 0 Å². The van der Waals surface area contributed by atoms with Gasteiger partial charge in [0, 0.05) is 25.2 Å². The van der Waals surface area contributed by atoms with Gasteiger partial charge in [-0.25, -0.2) is 0 Å². The molecule has 0 spiro atoms. The van der Waals surface area contributed by atoms with Crippen molar-refractivity contribution in [2.24, 2.45) is 5.92 Å². The lowest BCUT2D eigenvalue weighted by atomic mass is 9.95. The molecule has 1 aliphatic heterocycles. The van der Waals surface area contributed by atoms with Crippen LogP contribution in [0.5, 0.6) is 0 Å². The number of rotatable bonds is 7. The maximum atomic E-state index is 11.5. The quantitative estimate of drug-likeness (QED) is 0.764. The molecule has 1 atom stereocenters. The predicted molar refractivity (Wildman–Crippen MR) is 109 cm³/mol. The number of amides is 1. The smallest absolute Gasteiger partial charge is 0.224 e. The van der Waals surface area contributed by atoms with E-state index < -0.39 is 0 Å². The Balaban J connectivity index is 1.52. The van der Waals surface area contributed by atoms with Crippen molar-refractivity contribution < 1.29 is 9.63 Å². The van der Waals surface area contributed by atoms with Gasteiger partial charge in [-0.3, -0.25) is 9.63 Å². The van der Waals surface area contributed by atoms with Gasteiger partial charge in [-0.15, -0.1) is 0 Å². The molecule has 4 heteroatoms. The molecule has 0 aliphatic carbocycles. The van der Waals surface area contributed by atoms with Crippen LogP contribution in [0.25, 0.3) is 0 Å². The first-order valence-corrected chi connectivity index (χ1v) is 10.0. The third-order valence-electron chi connectivity index (χ3n) is 5.09. The monoisotopic (exact) mass is 366 g/mol. The number of carbonyl (C=O) groups excluding carboxylic acids is 1. The molecule has 27 heavy (non-hydrogen) atoms. The SMILES string of the molecule is CCC(=O)Nc1ccc(CN2C[C@@H](CCc3ccccc3)CCCO2)cc1. The predicted octanol–water partition coefficient (Wildman–Crippen LogP) is 4.81. The number of hydroxylamine groups is 2. The van der Waals surface area contributed by atoms with Crippen molar-refractivity contribution in [2.45, 2.75) is 45.6 Å². The summed E-state index contributed by atoms with van der Waals surface area (Å²) in [5.74, 6) is 0.704. The molecule has 1 fully saturated rings. The van der Waals surface area contributed by atoms with Gasteiger partial charge in [0.25, 0.3) is 0 Å². The Morgan fingerprint density at radius 2 is 1.89 bits per heavy atom. The van der Waals surface area contributed by atoms with Crippen LogP contribution in [0.2, 0.25) is 0 Å². The summed E-state index contributed by atoms with van der Waals surface area (Å²) in [6, 6.07) is 18.8. The molecule has 1 heterocycles. The molecule has 0 radical (unpaired) electrons. The van der Waals surface area contributed by atoms with E-state index in [0.717, 1.165) is 38.2 Å². The van der Waals surface area contributed by atoms with Gasteiger partial charge in [-0.2, -0.15) is 5.06 Å². The average molecular weight is 367 g/mol. The molecule has 1 amide bonds. The molecule has 144 valence electrons. The maximum absolute atomic E-state index is 11.5. The molecular weight excluding hydrogens is 336 g/mol. The molecule has 1 N–H and O–H groups in total. The maximum Gasteiger partial charge on any atom is 0.224 e. The minimum Gasteiger partial charge on any atom is -0.326 e. The summed E-state index contributed by atoms with van der Waals surface area (Å²) in [5, 5.41) is 5.00. The van der Waals surface area contributed by atoms with E-state index in [9.17, 15) is 4.79 Å². The van der Waals surface area contributed by atoms with Gasteiger partial charge in [0.2, 0.25) is 5.91 Å². The molecule has 1 aliphatic rings. The Morgan fingerprint density at radius 3 is 2.63 bits per heavy atom. The number of carbonyl (C=O) groups is 1. The Morgan fingerprint density at radius 1 is 1.11 bits per heavy atom. The van der Waals surface area contributed by atoms with Crippen molar-refractivity contribution in [3.63, 3.8) is 0 Å². The first-order valence-electron chi connectivity index (χ1n) is 10.0. The first-order chi connectivity index (χ1) is 13.2. The lowest BCUT2D eigenvalue weighted by Crippen LogP contribution is -2.27. The molecule has 1 saturated heterocycles. The topological polar surface area (TPSA) is 41.6 Å². The van der Waals surface area contributed by atoms with Crippen LogP contribution < -0.4 is 5.32 Å². The van der Waals surface area contributed by atoms with E-state index in [1.54, 1.807) is 0 Å². The Bertz CT molecular complexity index is 700. The van der Waals surface area contributed by atoms with Crippen molar-refractivity contribution in [3.05, 3.63) is 65.7 Å². The zero-order chi connectivity index (χ0) is 18.9. The first kappa shape index (κ1) is 19.6. The van der Waals surface area contributed by atoms with E-state index in [-0.39, 0.29) is 5.91 Å². The summed E-state index contributed by atoms with van der Waals surface area (Å²) < 4.78 is 0. The summed E-state index contributed by atoms with van der Waals surface area (Å²) >= 11 is 0. The third-order valence-corrected chi connectivity index (χ3v) is 5.09. The average Bonchev–Trinajstić information content (AvgIpc) is 2.93. The van der Waals surface area contributed by atoms with Gasteiger partial charge >= 0.3 is 0 Å². The van der Waals surface area contributed by atoms with Gasteiger partial charge in [0.15, 0.2) is 0 Å². The van der Waals surface area contributed by atoms with Gasteiger partial charge in [-0.05, 0) is 54.9 Å². The van der Waals surface area contributed by atoms with Crippen molar-refractivity contribution in [3.8, 4) is 0 Å². The molecule has 3 rings (SSSR count). The van der Waals surface area contributed by atoms with Crippen LogP contribution in [0.15, 0.2) is 54.6 Å². The van der Waals surface area contributed by atoms with E-state index in [1.165, 1.54) is 24.0 Å². The van der Waals surface area contributed by atoms with Crippen molar-refractivity contribution in [1.29, 1.82) is 0 Å². The fourth-order valence-electron chi connectivity index (χ4n) is 3.51. The molecule has 2 aromatic rings. The number of aryl methyl sites for hydroxylation is 1. The standard InChI is InChI=1S/C23H30N2O2/c1-2-23(26)24-22-14-12-21(13-15-22)18-25-17-20(9-6-16-27-25)11-10-19-7-4-3-5-8-19/h3-5,7-8,12-15,20H,2,6,9-11,16-18H2,1H3,(H,24,26)/t20-/m1/s1. The molecule has 4 nitrogen and oxygen atoms in total. The summed E-state index contributed by atoms with van der Waals surface area (Å²) in [6.45, 7) is 4.41. The van der Waals surface area contributed by atoms with Crippen molar-refractivity contribution >= 4 is 11.6 Å². The number of hydrogen-bond acceptors (Lipinski definition) is 3. The highest BCUT2D eigenvalue weighted by Crippen LogP contribution is 2.22. The fourth-order valence-corrected chi connectivity index (χ4v) is 3.51. The van der Waals surface area contributed by atoms with Crippen LogP contribution in [0.1, 0.15) is 43.7 Å². The summed E-state index contributed by atoms with van der Waals surface area (Å²) in [4.78, 5) is 17.4. The highest BCUT2D eigenvalue weighted by Gasteiger charge is 2.19. The minimum atomic E-state index is 0.0415. The second-order valence-corrected chi connectivity index (χ2v) is 7.29. The van der Waals surface area contributed by atoms with Crippen molar-refractivity contribution in [2.75, 3.05) is 18.5 Å². The van der Waals surface area contributed by atoms with Crippen LogP contribution in [-0.2, 0) is 22.6 Å². The second-order valence-electron chi connectivity index (χ2n) is 7.29. The third kappa shape index (κ3) is 6.49. The molecule has 0 aromatic heterocycles. The Labute approximate surface area is 162 Å². The normalized spacial score (nSPS) is 18.0. The van der Waals surface area contributed by atoms with E-state index in [2.05, 4.69) is 52.8 Å². The van der Waals surface area contributed by atoms with E-state index >= 15 is 0 Å². The number of nitrogens with one attached hydrogen (secondary N) is 1. The van der Waals surface area contributed by atoms with Crippen LogP contribution in [-0.4, -0.2) is 24.1 Å². The van der Waals surface area contributed by atoms with E-state index in [0.29, 0.717) is 12.3 Å². The summed E-state index contributed by atoms with van der Waals surface area (Å²) in [7, 11) is 0. The van der Waals surface area contributed by atoms with Crippen LogP contribution in [0.4, 0.5) is 5.69 Å². The zero-order valence-corrected chi connectivity index (χ0v) is 16.2. The Kier molecular flexibility index (Phi) is 7.43. The van der Waals surface area contributed by atoms with Crippen molar-refractivity contribution in [1.82, 2.24) is 5.06 Å². The number of nitrogens with zero attached hydrogens (tertiary/aromatic N) is 1. The van der Waals surface area contributed by atoms with Crippen LogP contribution in [0, 0.1) is 5.92 Å². The largest absolute Gasteiger partial charge is 0.326 e. The minimum absolute atomic E-state index is 0.0415. The van der Waals surface area contributed by atoms with Gasteiger partial charge < -0.3 is 5.32 Å². The fraction of sp³-hybridized carbons (Fsp3) is 0.435. The molecule has 0 bridgehead atoms. The molecule has 0 saturated carbocycles. The van der Waals surface area contributed by atoms with Crippen LogP contribution in [0.3, 0.4) is 0 Å². The lowest BCUT2D eigenvalue weighted by molar-refractivity contribution is -0.163. The van der Waals surface area contributed by atoms with E-state index in [4.69, 9.17) is 4.84 Å². The summed E-state index contributed by atoms with van der Waals surface area (Å²) in [6.07, 6.45) is 5.17.